The molecule has 1 aliphatic carbocycles. The first kappa shape index (κ1) is 26.6. The van der Waals surface area contributed by atoms with Gasteiger partial charge in [-0.15, -0.1) is 0 Å². The van der Waals surface area contributed by atoms with E-state index in [1.165, 1.54) is 36.6 Å². The van der Waals surface area contributed by atoms with Gasteiger partial charge in [-0.3, -0.25) is 19.7 Å². The molecule has 0 atom stereocenters. The van der Waals surface area contributed by atoms with Gasteiger partial charge in [0.15, 0.2) is 0 Å². The second-order valence-electron chi connectivity index (χ2n) is 8.65. The van der Waals surface area contributed by atoms with Crippen LogP contribution in [0.3, 0.4) is 0 Å². The van der Waals surface area contributed by atoms with Crippen LogP contribution in [0.25, 0.3) is 0 Å². The number of aryl methyl sites for hydroxylation is 1. The van der Waals surface area contributed by atoms with Crippen molar-refractivity contribution in [2.24, 2.45) is 0 Å². The Balaban J connectivity index is 0.000000444. The molecular formula is C28H32N4O4. The highest BCUT2D eigenvalue weighted by Gasteiger charge is 2.22. The molecule has 0 unspecified atom stereocenters. The number of nitro groups is 1. The summed E-state index contributed by atoms with van der Waals surface area (Å²) in [5.74, 6) is -0.952. The molecule has 0 aromatic heterocycles. The summed E-state index contributed by atoms with van der Waals surface area (Å²) in [6.45, 7) is 3.64. The van der Waals surface area contributed by atoms with E-state index in [2.05, 4.69) is 35.0 Å². The SMILES string of the molecule is Cc1ccccc1.O=C(NCCCNC1CC1)c1ccc([N+](=O)[O-])c(C(=O)NCc2ccccc2)c1. The minimum Gasteiger partial charge on any atom is -0.352 e. The molecule has 4 rings (SSSR count). The third kappa shape index (κ3) is 8.96. The molecule has 8 heteroatoms. The number of amides is 2. The third-order valence-corrected chi connectivity index (χ3v) is 5.59. The molecule has 3 aromatic carbocycles. The molecule has 0 spiro atoms. The topological polar surface area (TPSA) is 113 Å². The lowest BCUT2D eigenvalue weighted by atomic mass is 10.1. The van der Waals surface area contributed by atoms with Crippen LogP contribution in [-0.2, 0) is 6.54 Å². The number of hydrogen-bond acceptors (Lipinski definition) is 5. The number of nitro benzene ring substituents is 1. The Morgan fingerprint density at radius 3 is 2.14 bits per heavy atom. The van der Waals surface area contributed by atoms with Gasteiger partial charge in [0.1, 0.15) is 5.56 Å². The van der Waals surface area contributed by atoms with Gasteiger partial charge in [-0.2, -0.15) is 0 Å². The molecule has 0 saturated heterocycles. The average molecular weight is 489 g/mol. The predicted molar refractivity (Wildman–Crippen MR) is 140 cm³/mol. The second kappa shape index (κ2) is 13.7. The predicted octanol–water partition coefficient (Wildman–Crippen LogP) is 4.39. The van der Waals surface area contributed by atoms with Crippen LogP contribution in [0.4, 0.5) is 5.69 Å². The van der Waals surface area contributed by atoms with E-state index < -0.39 is 10.8 Å². The summed E-state index contributed by atoms with van der Waals surface area (Å²) in [5.41, 5.74) is 1.95. The number of rotatable bonds is 10. The molecular weight excluding hydrogens is 456 g/mol. The van der Waals surface area contributed by atoms with Gasteiger partial charge in [-0.1, -0.05) is 66.2 Å². The van der Waals surface area contributed by atoms with E-state index in [1.807, 2.05) is 48.5 Å². The summed E-state index contributed by atoms with van der Waals surface area (Å²) in [7, 11) is 0. The zero-order chi connectivity index (χ0) is 25.8. The summed E-state index contributed by atoms with van der Waals surface area (Å²) < 4.78 is 0. The van der Waals surface area contributed by atoms with Crippen molar-refractivity contribution >= 4 is 17.5 Å². The number of carbonyl (C=O) groups is 2. The number of nitrogens with zero attached hydrogens (tertiary/aromatic N) is 1. The van der Waals surface area contributed by atoms with Crippen LogP contribution < -0.4 is 16.0 Å². The molecule has 0 heterocycles. The van der Waals surface area contributed by atoms with Crippen LogP contribution >= 0.6 is 0 Å². The van der Waals surface area contributed by atoms with Crippen LogP contribution in [0.1, 0.15) is 51.1 Å². The molecule has 1 aliphatic rings. The zero-order valence-electron chi connectivity index (χ0n) is 20.4. The molecule has 188 valence electrons. The Hall–Kier alpha value is -4.04. The average Bonchev–Trinajstić information content (AvgIpc) is 3.72. The van der Waals surface area contributed by atoms with E-state index >= 15 is 0 Å². The quantitative estimate of drug-likeness (QED) is 0.223. The van der Waals surface area contributed by atoms with Crippen molar-refractivity contribution in [1.29, 1.82) is 0 Å². The smallest absolute Gasteiger partial charge is 0.282 e. The second-order valence-corrected chi connectivity index (χ2v) is 8.65. The molecule has 1 saturated carbocycles. The number of carbonyl (C=O) groups excluding carboxylic acids is 2. The molecule has 0 aliphatic heterocycles. The van der Waals surface area contributed by atoms with Crippen molar-refractivity contribution in [3.63, 3.8) is 0 Å². The maximum absolute atomic E-state index is 12.5. The number of hydrogen-bond donors (Lipinski definition) is 3. The van der Waals surface area contributed by atoms with Gasteiger partial charge in [0.25, 0.3) is 17.5 Å². The molecule has 3 aromatic rings. The van der Waals surface area contributed by atoms with Gasteiger partial charge in [-0.25, -0.2) is 0 Å². The normalized spacial score (nSPS) is 12.1. The number of benzene rings is 3. The van der Waals surface area contributed by atoms with E-state index in [0.29, 0.717) is 12.6 Å². The molecule has 8 nitrogen and oxygen atoms in total. The van der Waals surface area contributed by atoms with Crippen LogP contribution in [0, 0.1) is 17.0 Å². The standard InChI is InChI=1S/C21H24N4O4.C7H8/c26-20(23-12-4-11-22-17-8-9-17)16-7-10-19(25(28)29)18(13-16)21(27)24-14-15-5-2-1-3-6-15;1-7-5-3-2-4-6-7/h1-3,5-7,10,13,17,22H,4,8-9,11-12,14H2,(H,23,26)(H,24,27);2-6H,1H3. The summed E-state index contributed by atoms with van der Waals surface area (Å²) in [4.78, 5) is 35.6. The van der Waals surface area contributed by atoms with Gasteiger partial charge >= 0.3 is 0 Å². The fourth-order valence-electron chi connectivity index (χ4n) is 3.41. The van der Waals surface area contributed by atoms with E-state index in [0.717, 1.165) is 18.5 Å². The third-order valence-electron chi connectivity index (χ3n) is 5.59. The lowest BCUT2D eigenvalue weighted by Gasteiger charge is -2.09. The first-order chi connectivity index (χ1) is 17.4. The Morgan fingerprint density at radius 1 is 0.889 bits per heavy atom. The molecule has 36 heavy (non-hydrogen) atoms. The summed E-state index contributed by atoms with van der Waals surface area (Å²) in [6.07, 6.45) is 3.22. The highest BCUT2D eigenvalue weighted by Crippen LogP contribution is 2.21. The Labute approximate surface area is 211 Å². The summed E-state index contributed by atoms with van der Waals surface area (Å²) >= 11 is 0. The minimum absolute atomic E-state index is 0.131. The maximum Gasteiger partial charge on any atom is 0.282 e. The van der Waals surface area contributed by atoms with E-state index in [-0.39, 0.29) is 29.3 Å². The molecule has 0 bridgehead atoms. The van der Waals surface area contributed by atoms with Gasteiger partial charge in [0.2, 0.25) is 0 Å². The Bertz CT molecular complexity index is 1150. The molecule has 1 fully saturated rings. The van der Waals surface area contributed by atoms with Crippen molar-refractivity contribution in [2.75, 3.05) is 13.1 Å². The van der Waals surface area contributed by atoms with Crippen molar-refractivity contribution in [3.8, 4) is 0 Å². The first-order valence-electron chi connectivity index (χ1n) is 12.1. The van der Waals surface area contributed by atoms with Gasteiger partial charge in [0.05, 0.1) is 4.92 Å². The first-order valence-corrected chi connectivity index (χ1v) is 12.1. The minimum atomic E-state index is -0.622. The van der Waals surface area contributed by atoms with Crippen molar-refractivity contribution in [2.45, 2.75) is 38.8 Å². The Morgan fingerprint density at radius 2 is 1.56 bits per heavy atom. The lowest BCUT2D eigenvalue weighted by molar-refractivity contribution is -0.385. The van der Waals surface area contributed by atoms with E-state index in [4.69, 9.17) is 0 Å². The zero-order valence-corrected chi connectivity index (χ0v) is 20.4. The van der Waals surface area contributed by atoms with Crippen LogP contribution in [0.5, 0.6) is 0 Å². The van der Waals surface area contributed by atoms with Crippen LogP contribution in [0.2, 0.25) is 0 Å². The monoisotopic (exact) mass is 488 g/mol. The highest BCUT2D eigenvalue weighted by atomic mass is 16.6. The largest absolute Gasteiger partial charge is 0.352 e. The lowest BCUT2D eigenvalue weighted by Crippen LogP contribution is -2.28. The highest BCUT2D eigenvalue weighted by molar-refractivity contribution is 6.02. The van der Waals surface area contributed by atoms with Crippen LogP contribution in [-0.4, -0.2) is 35.9 Å². The molecule has 3 N–H and O–H groups in total. The van der Waals surface area contributed by atoms with Gasteiger partial charge < -0.3 is 16.0 Å². The summed E-state index contributed by atoms with van der Waals surface area (Å²) in [6, 6.07) is 24.0. The van der Waals surface area contributed by atoms with Crippen LogP contribution in [0.15, 0.2) is 78.9 Å². The molecule has 2 amide bonds. The van der Waals surface area contributed by atoms with Crippen molar-refractivity contribution < 1.29 is 14.5 Å². The summed E-state index contributed by atoms with van der Waals surface area (Å²) in [5, 5.41) is 20.1. The fraction of sp³-hybridized carbons (Fsp3) is 0.286. The van der Waals surface area contributed by atoms with Crippen molar-refractivity contribution in [3.05, 3.63) is 111 Å². The van der Waals surface area contributed by atoms with E-state index in [1.54, 1.807) is 0 Å². The Kier molecular flexibility index (Phi) is 10.1. The maximum atomic E-state index is 12.5. The van der Waals surface area contributed by atoms with Crippen molar-refractivity contribution in [1.82, 2.24) is 16.0 Å². The molecule has 0 radical (unpaired) electrons. The fourth-order valence-corrected chi connectivity index (χ4v) is 3.41. The van der Waals surface area contributed by atoms with Gasteiger partial charge in [-0.05, 0) is 50.4 Å². The van der Waals surface area contributed by atoms with Gasteiger partial charge in [0, 0.05) is 30.8 Å². The van der Waals surface area contributed by atoms with E-state index in [9.17, 15) is 19.7 Å². The number of nitrogens with one attached hydrogen (secondary N) is 3.